The van der Waals surface area contributed by atoms with E-state index in [1.54, 1.807) is 0 Å². The second-order valence-corrected chi connectivity index (χ2v) is 5.88. The molecule has 3 nitrogen and oxygen atoms in total. The molecule has 0 radical (unpaired) electrons. The van der Waals surface area contributed by atoms with Gasteiger partial charge in [0.2, 0.25) is 0 Å². The van der Waals surface area contributed by atoms with E-state index in [0.29, 0.717) is 18.4 Å². The van der Waals surface area contributed by atoms with E-state index in [9.17, 15) is 0 Å². The van der Waals surface area contributed by atoms with E-state index < -0.39 is 0 Å². The summed E-state index contributed by atoms with van der Waals surface area (Å²) >= 11 is 0. The third kappa shape index (κ3) is 2.80. The molecule has 1 aliphatic rings. The van der Waals surface area contributed by atoms with Crippen molar-refractivity contribution in [2.45, 2.75) is 44.6 Å². The van der Waals surface area contributed by atoms with Crippen molar-refractivity contribution in [2.75, 3.05) is 5.73 Å². The summed E-state index contributed by atoms with van der Waals surface area (Å²) in [7, 11) is 0. The highest BCUT2D eigenvalue weighted by Gasteiger charge is 2.30. The van der Waals surface area contributed by atoms with E-state index in [-0.39, 0.29) is 0 Å². The molecule has 2 N–H and O–H groups in total. The van der Waals surface area contributed by atoms with Crippen LogP contribution in [0.1, 0.15) is 48.7 Å². The normalized spacial score (nSPS) is 15.6. The first-order valence-corrected chi connectivity index (χ1v) is 7.54. The third-order valence-electron chi connectivity index (χ3n) is 4.17. The van der Waals surface area contributed by atoms with E-state index in [4.69, 9.17) is 17.1 Å². The fraction of sp³-hybridized carbons (Fsp3) is 0.389. The lowest BCUT2D eigenvalue weighted by Gasteiger charge is -2.10. The second-order valence-electron chi connectivity index (χ2n) is 5.88. The van der Waals surface area contributed by atoms with Gasteiger partial charge < -0.3 is 10.3 Å². The van der Waals surface area contributed by atoms with Crippen LogP contribution in [0.4, 0.5) is 5.82 Å². The van der Waals surface area contributed by atoms with Crippen molar-refractivity contribution in [3.63, 3.8) is 0 Å². The van der Waals surface area contributed by atoms with E-state index in [0.717, 1.165) is 23.8 Å². The lowest BCUT2D eigenvalue weighted by molar-refractivity contribution is 0.742. The van der Waals surface area contributed by atoms with Crippen molar-refractivity contribution in [1.82, 2.24) is 9.55 Å². The molecule has 108 valence electrons. The van der Waals surface area contributed by atoms with Crippen LogP contribution in [0.3, 0.4) is 0 Å². The van der Waals surface area contributed by atoms with E-state index in [2.05, 4.69) is 37.1 Å². The summed E-state index contributed by atoms with van der Waals surface area (Å²) in [5.74, 6) is 5.48. The number of imidazole rings is 1. The molecule has 1 aromatic heterocycles. The van der Waals surface area contributed by atoms with Gasteiger partial charge in [0.25, 0.3) is 0 Å². The molecule has 1 heterocycles. The van der Waals surface area contributed by atoms with Gasteiger partial charge in [0.05, 0.1) is 12.2 Å². The molecule has 0 spiro atoms. The Morgan fingerprint density at radius 1 is 1.38 bits per heavy atom. The number of nitrogens with zero attached hydrogens (tertiary/aromatic N) is 2. The molecule has 1 saturated carbocycles. The van der Waals surface area contributed by atoms with Crippen molar-refractivity contribution >= 4 is 5.82 Å². The van der Waals surface area contributed by atoms with Crippen LogP contribution in [-0.4, -0.2) is 9.55 Å². The molecule has 3 heteroatoms. The van der Waals surface area contributed by atoms with Crippen LogP contribution < -0.4 is 5.73 Å². The zero-order chi connectivity index (χ0) is 14.8. The Morgan fingerprint density at radius 2 is 2.10 bits per heavy atom. The Bertz CT molecular complexity index is 660. The summed E-state index contributed by atoms with van der Waals surface area (Å²) in [6.45, 7) is 2.73. The average Bonchev–Trinajstić information content (AvgIpc) is 3.30. The first-order chi connectivity index (χ1) is 10.2. The minimum atomic E-state index is 0.398. The Morgan fingerprint density at radius 3 is 2.71 bits per heavy atom. The highest BCUT2D eigenvalue weighted by molar-refractivity contribution is 5.41. The topological polar surface area (TPSA) is 43.8 Å². The predicted molar refractivity (Wildman–Crippen MR) is 86.0 cm³/mol. The monoisotopic (exact) mass is 279 g/mol. The van der Waals surface area contributed by atoms with Gasteiger partial charge >= 0.3 is 0 Å². The first-order valence-electron chi connectivity index (χ1n) is 7.54. The first kappa shape index (κ1) is 13.8. The Hall–Kier alpha value is -2.21. The van der Waals surface area contributed by atoms with Gasteiger partial charge in [-0.15, -0.1) is 6.42 Å². The van der Waals surface area contributed by atoms with E-state index in [1.807, 2.05) is 10.6 Å². The van der Waals surface area contributed by atoms with Gasteiger partial charge in [0.1, 0.15) is 11.6 Å². The van der Waals surface area contributed by atoms with Crippen LogP contribution >= 0.6 is 0 Å². The lowest BCUT2D eigenvalue weighted by Crippen LogP contribution is -2.06. The van der Waals surface area contributed by atoms with E-state index >= 15 is 0 Å². The zero-order valence-electron chi connectivity index (χ0n) is 12.4. The fourth-order valence-electron chi connectivity index (χ4n) is 2.79. The van der Waals surface area contributed by atoms with Crippen LogP contribution in [-0.2, 0) is 13.0 Å². The minimum Gasteiger partial charge on any atom is -0.384 e. The number of rotatable bonds is 5. The molecule has 2 aromatic rings. The van der Waals surface area contributed by atoms with Crippen LogP contribution in [0, 0.1) is 12.3 Å². The molecule has 21 heavy (non-hydrogen) atoms. The van der Waals surface area contributed by atoms with Crippen LogP contribution in [0.25, 0.3) is 0 Å². The maximum atomic E-state index is 6.29. The quantitative estimate of drug-likeness (QED) is 0.853. The highest BCUT2D eigenvalue weighted by Crippen LogP contribution is 2.41. The lowest BCUT2D eigenvalue weighted by atomic mass is 9.96. The fourth-order valence-corrected chi connectivity index (χ4v) is 2.79. The molecule has 3 rings (SSSR count). The van der Waals surface area contributed by atoms with Crippen molar-refractivity contribution in [2.24, 2.45) is 0 Å². The molecule has 1 unspecified atom stereocenters. The standard InChI is InChI=1S/C18H21N3/c1-3-11-21-17(19)16(20-18(21)15-9-10-15)12-13(2)14-7-5-4-6-8-14/h1,4-8,13,15H,9-12,19H2,2H3. The molecule has 1 aromatic carbocycles. The summed E-state index contributed by atoms with van der Waals surface area (Å²) in [5, 5.41) is 0. The summed E-state index contributed by atoms with van der Waals surface area (Å²) in [4.78, 5) is 4.80. The van der Waals surface area contributed by atoms with Gasteiger partial charge in [-0.1, -0.05) is 43.2 Å². The van der Waals surface area contributed by atoms with Crippen LogP contribution in [0.5, 0.6) is 0 Å². The largest absolute Gasteiger partial charge is 0.384 e. The highest BCUT2D eigenvalue weighted by atomic mass is 15.1. The predicted octanol–water partition coefficient (Wildman–Crippen LogP) is 3.32. The van der Waals surface area contributed by atoms with Crippen molar-refractivity contribution in [3.8, 4) is 12.3 Å². The molecule has 1 aliphatic carbocycles. The number of hydrogen-bond donors (Lipinski definition) is 1. The smallest absolute Gasteiger partial charge is 0.127 e. The van der Waals surface area contributed by atoms with Gasteiger partial charge in [0, 0.05) is 5.92 Å². The Labute approximate surface area is 126 Å². The van der Waals surface area contributed by atoms with Crippen LogP contribution in [0.2, 0.25) is 0 Å². The third-order valence-corrected chi connectivity index (χ3v) is 4.17. The molecule has 0 amide bonds. The van der Waals surface area contributed by atoms with Crippen LogP contribution in [0.15, 0.2) is 30.3 Å². The average molecular weight is 279 g/mol. The maximum Gasteiger partial charge on any atom is 0.127 e. The van der Waals surface area contributed by atoms with Gasteiger partial charge in [-0.05, 0) is 30.7 Å². The summed E-state index contributed by atoms with van der Waals surface area (Å²) < 4.78 is 2.02. The zero-order valence-corrected chi connectivity index (χ0v) is 12.4. The molecule has 0 saturated heterocycles. The Kier molecular flexibility index (Phi) is 3.70. The summed E-state index contributed by atoms with van der Waals surface area (Å²) in [6.07, 6.45) is 8.73. The van der Waals surface area contributed by atoms with E-state index in [1.165, 1.54) is 18.4 Å². The molecule has 1 atom stereocenters. The second kappa shape index (κ2) is 5.65. The number of benzene rings is 1. The van der Waals surface area contributed by atoms with Crippen molar-refractivity contribution in [1.29, 1.82) is 0 Å². The number of aromatic nitrogens is 2. The Balaban J connectivity index is 1.85. The number of terminal acetylenes is 1. The number of nitrogens with two attached hydrogens (primary N) is 1. The number of nitrogen functional groups attached to an aromatic ring is 1. The van der Waals surface area contributed by atoms with Gasteiger partial charge in [0.15, 0.2) is 0 Å². The van der Waals surface area contributed by atoms with Crippen molar-refractivity contribution < 1.29 is 0 Å². The summed E-state index contributed by atoms with van der Waals surface area (Å²) in [5.41, 5.74) is 8.59. The maximum absolute atomic E-state index is 6.29. The molecular formula is C18H21N3. The molecule has 0 aliphatic heterocycles. The molecular weight excluding hydrogens is 258 g/mol. The van der Waals surface area contributed by atoms with Gasteiger partial charge in [-0.3, -0.25) is 0 Å². The van der Waals surface area contributed by atoms with Gasteiger partial charge in [-0.25, -0.2) is 4.98 Å². The molecule has 0 bridgehead atoms. The SMILES string of the molecule is C#CCn1c(C2CC2)nc(CC(C)c2ccccc2)c1N. The summed E-state index contributed by atoms with van der Waals surface area (Å²) in [6, 6.07) is 10.5. The number of hydrogen-bond acceptors (Lipinski definition) is 2. The van der Waals surface area contributed by atoms with Gasteiger partial charge in [-0.2, -0.15) is 0 Å². The number of anilines is 1. The minimum absolute atomic E-state index is 0.398. The molecule has 1 fully saturated rings. The van der Waals surface area contributed by atoms with Crippen molar-refractivity contribution in [3.05, 3.63) is 47.4 Å².